The highest BCUT2D eigenvalue weighted by Crippen LogP contribution is 1.78. The molecule has 3 heteroatoms. The number of aliphatic hydroxyl groups excluding tert-OH is 1. The van der Waals surface area contributed by atoms with E-state index in [-0.39, 0.29) is 0 Å². The van der Waals surface area contributed by atoms with E-state index >= 15 is 0 Å². The predicted octanol–water partition coefficient (Wildman–Crippen LogP) is 0.475. The van der Waals surface area contributed by atoms with Gasteiger partial charge in [0, 0.05) is 0 Å². The van der Waals surface area contributed by atoms with Crippen molar-refractivity contribution in [1.82, 2.24) is 0 Å². The van der Waals surface area contributed by atoms with Crippen LogP contribution in [0.1, 0.15) is 0 Å². The third-order valence-corrected chi connectivity index (χ3v) is 0.316. The highest BCUT2D eigenvalue weighted by Gasteiger charge is 1.79. The lowest BCUT2D eigenvalue weighted by molar-refractivity contribution is 0.437. The van der Waals surface area contributed by atoms with E-state index in [2.05, 4.69) is 0 Å². The topological polar surface area (TPSA) is 67.8 Å². The first-order valence-electron chi connectivity index (χ1n) is 1.50. The van der Waals surface area contributed by atoms with Gasteiger partial charge in [-0.3, -0.25) is 0 Å². The molecule has 0 rings (SSSR count). The number of aliphatic hydroxyl groups is 1. The van der Waals surface area contributed by atoms with Crippen LogP contribution in [-0.2, 0) is 0 Å². The van der Waals surface area contributed by atoms with Crippen molar-refractivity contribution in [3.63, 3.8) is 0 Å². The highest BCUT2D eigenvalue weighted by atomic mass is 16.3. The summed E-state index contributed by atoms with van der Waals surface area (Å²) in [6.45, 7) is 0. The molecule has 0 spiro atoms. The van der Waals surface area contributed by atoms with Gasteiger partial charge in [-0.15, -0.1) is 0 Å². The van der Waals surface area contributed by atoms with E-state index in [1.54, 1.807) is 0 Å². The van der Waals surface area contributed by atoms with E-state index < -0.39 is 5.76 Å². The molecular formula is C4H2N2O. The Morgan fingerprint density at radius 1 is 1.57 bits per heavy atom. The first-order valence-corrected chi connectivity index (χ1v) is 1.50. The molecule has 0 aromatic rings. The summed E-state index contributed by atoms with van der Waals surface area (Å²) < 4.78 is 0. The Morgan fingerprint density at radius 2 is 2.14 bits per heavy atom. The summed E-state index contributed by atoms with van der Waals surface area (Å²) in [5.74, 6) is -0.553. The molecule has 0 aromatic carbocycles. The molecule has 0 unspecified atom stereocenters. The molecule has 0 fully saturated rings. The van der Waals surface area contributed by atoms with Gasteiger partial charge in [-0.05, 0) is 0 Å². The van der Waals surface area contributed by atoms with Crippen LogP contribution in [0.3, 0.4) is 0 Å². The average molecular weight is 94.1 g/mol. The Kier molecular flexibility index (Phi) is 2.16. The molecule has 0 bridgehead atoms. The van der Waals surface area contributed by atoms with Crippen LogP contribution in [0.2, 0.25) is 0 Å². The maximum Gasteiger partial charge on any atom is 0.205 e. The molecule has 3 nitrogen and oxygen atoms in total. The van der Waals surface area contributed by atoms with Gasteiger partial charge in [-0.25, -0.2) is 0 Å². The molecule has 0 radical (unpaired) electrons. The van der Waals surface area contributed by atoms with Gasteiger partial charge in [-0.1, -0.05) is 0 Å². The number of nitrogens with zero attached hydrogens (tertiary/aromatic N) is 2. The number of hydrogen-bond acceptors (Lipinski definition) is 3. The van der Waals surface area contributed by atoms with Crippen molar-refractivity contribution >= 4 is 0 Å². The van der Waals surface area contributed by atoms with Crippen LogP contribution in [0, 0.1) is 22.7 Å². The minimum Gasteiger partial charge on any atom is -0.499 e. The normalized spacial score (nSPS) is 9.14. The van der Waals surface area contributed by atoms with E-state index in [0.717, 1.165) is 6.08 Å². The van der Waals surface area contributed by atoms with Crippen molar-refractivity contribution in [1.29, 1.82) is 10.5 Å². The van der Waals surface area contributed by atoms with Gasteiger partial charge < -0.3 is 5.11 Å². The minimum absolute atomic E-state index is 0.553. The summed E-state index contributed by atoms with van der Waals surface area (Å²) in [6.07, 6.45) is 0.764. The van der Waals surface area contributed by atoms with Crippen LogP contribution in [0.5, 0.6) is 0 Å². The molecule has 0 aliphatic rings. The zero-order valence-electron chi connectivity index (χ0n) is 3.42. The van der Waals surface area contributed by atoms with Crippen molar-refractivity contribution in [2.75, 3.05) is 0 Å². The molecule has 1 N–H and O–H groups in total. The second kappa shape index (κ2) is 2.74. The summed E-state index contributed by atoms with van der Waals surface area (Å²) in [7, 11) is 0. The molecule has 0 heterocycles. The molecular weight excluding hydrogens is 92.1 g/mol. The molecule has 0 saturated heterocycles. The fourth-order valence-corrected chi connectivity index (χ4v) is 0.0934. The molecule has 0 atom stereocenters. The molecule has 34 valence electrons. The van der Waals surface area contributed by atoms with E-state index in [1.165, 1.54) is 12.1 Å². The highest BCUT2D eigenvalue weighted by molar-refractivity contribution is 5.18. The summed E-state index contributed by atoms with van der Waals surface area (Å²) >= 11 is 0. The monoisotopic (exact) mass is 94.0 g/mol. The molecule has 0 aliphatic heterocycles. The summed E-state index contributed by atoms with van der Waals surface area (Å²) in [5, 5.41) is 23.6. The van der Waals surface area contributed by atoms with Crippen molar-refractivity contribution < 1.29 is 5.11 Å². The van der Waals surface area contributed by atoms with Crippen molar-refractivity contribution in [3.05, 3.63) is 11.8 Å². The van der Waals surface area contributed by atoms with Crippen LogP contribution in [0.4, 0.5) is 0 Å². The maximum absolute atomic E-state index is 8.14. The van der Waals surface area contributed by atoms with Crippen molar-refractivity contribution in [3.8, 4) is 12.1 Å². The lowest BCUT2D eigenvalue weighted by Gasteiger charge is -1.69. The molecule has 0 aromatic heterocycles. The van der Waals surface area contributed by atoms with Crippen LogP contribution < -0.4 is 0 Å². The molecule has 0 amide bonds. The Balaban J connectivity index is 3.89. The molecule has 0 aliphatic carbocycles. The average Bonchev–Trinajstić information content (AvgIpc) is 1.68. The fourth-order valence-electron chi connectivity index (χ4n) is 0.0934. The minimum atomic E-state index is -0.553. The Labute approximate surface area is 40.7 Å². The van der Waals surface area contributed by atoms with E-state index in [0.29, 0.717) is 0 Å². The zero-order valence-corrected chi connectivity index (χ0v) is 3.42. The lowest BCUT2D eigenvalue weighted by Crippen LogP contribution is -1.67. The second-order valence-corrected chi connectivity index (χ2v) is 0.770. The zero-order chi connectivity index (χ0) is 5.70. The standard InChI is InChI=1S/C4H2N2O/c5-2-1-4(7)3-6/h1,7H. The fraction of sp³-hybridized carbons (Fsp3) is 0. The number of nitriles is 2. The first-order chi connectivity index (χ1) is 3.31. The van der Waals surface area contributed by atoms with Crippen LogP contribution in [0.15, 0.2) is 11.8 Å². The third-order valence-electron chi connectivity index (χ3n) is 0.316. The number of allylic oxidation sites excluding steroid dienone is 2. The lowest BCUT2D eigenvalue weighted by atomic mass is 10.5. The van der Waals surface area contributed by atoms with Gasteiger partial charge in [-0.2, -0.15) is 10.5 Å². The van der Waals surface area contributed by atoms with Crippen LogP contribution >= 0.6 is 0 Å². The van der Waals surface area contributed by atoms with Gasteiger partial charge in [0.2, 0.25) is 5.76 Å². The Hall–Kier alpha value is -1.48. The smallest absolute Gasteiger partial charge is 0.205 e. The predicted molar refractivity (Wildman–Crippen MR) is 21.9 cm³/mol. The summed E-state index contributed by atoms with van der Waals surface area (Å²) in [5.41, 5.74) is 0. The quantitative estimate of drug-likeness (QED) is 0.269. The summed E-state index contributed by atoms with van der Waals surface area (Å²) in [6, 6.07) is 2.84. The van der Waals surface area contributed by atoms with Gasteiger partial charge >= 0.3 is 0 Å². The van der Waals surface area contributed by atoms with E-state index in [1.807, 2.05) is 0 Å². The van der Waals surface area contributed by atoms with Gasteiger partial charge in [0.15, 0.2) is 0 Å². The molecule has 0 saturated carbocycles. The van der Waals surface area contributed by atoms with Crippen molar-refractivity contribution in [2.45, 2.75) is 0 Å². The third kappa shape index (κ3) is 2.32. The van der Waals surface area contributed by atoms with Crippen LogP contribution in [0.25, 0.3) is 0 Å². The summed E-state index contributed by atoms with van der Waals surface area (Å²) in [4.78, 5) is 0. The Bertz CT molecular complexity index is 158. The largest absolute Gasteiger partial charge is 0.499 e. The van der Waals surface area contributed by atoms with Gasteiger partial charge in [0.1, 0.15) is 6.07 Å². The SMILES string of the molecule is N#CC=C(O)C#N. The van der Waals surface area contributed by atoms with E-state index in [4.69, 9.17) is 15.6 Å². The second-order valence-electron chi connectivity index (χ2n) is 0.770. The number of rotatable bonds is 0. The van der Waals surface area contributed by atoms with Crippen LogP contribution in [-0.4, -0.2) is 5.11 Å². The van der Waals surface area contributed by atoms with Gasteiger partial charge in [0.25, 0.3) is 0 Å². The van der Waals surface area contributed by atoms with Crippen molar-refractivity contribution in [2.24, 2.45) is 0 Å². The van der Waals surface area contributed by atoms with Gasteiger partial charge in [0.05, 0.1) is 12.1 Å². The van der Waals surface area contributed by atoms with E-state index in [9.17, 15) is 0 Å². The molecule has 7 heavy (non-hydrogen) atoms. The number of hydrogen-bond donors (Lipinski definition) is 1. The maximum atomic E-state index is 8.14. The Morgan fingerprint density at radius 3 is 2.29 bits per heavy atom. The first kappa shape index (κ1) is 5.52.